The van der Waals surface area contributed by atoms with Gasteiger partial charge < -0.3 is 19.5 Å². The molecule has 3 rings (SSSR count). The maximum atomic E-state index is 13.0. The third-order valence-corrected chi connectivity index (χ3v) is 5.10. The van der Waals surface area contributed by atoms with Crippen molar-refractivity contribution in [3.05, 3.63) is 12.3 Å². The topological polar surface area (TPSA) is 87.9 Å². The van der Waals surface area contributed by atoms with Gasteiger partial charge in [-0.3, -0.25) is 14.5 Å². The zero-order chi connectivity index (χ0) is 18.2. The second-order valence-electron chi connectivity index (χ2n) is 6.98. The van der Waals surface area contributed by atoms with E-state index in [4.69, 9.17) is 9.26 Å². The first-order valence-corrected chi connectivity index (χ1v) is 9.51. The van der Waals surface area contributed by atoms with Crippen molar-refractivity contribution in [3.8, 4) is 0 Å². The largest absolute Gasteiger partial charge is 0.379 e. The van der Waals surface area contributed by atoms with Gasteiger partial charge in [0.25, 0.3) is 0 Å². The van der Waals surface area contributed by atoms with Crippen molar-refractivity contribution >= 4 is 17.6 Å². The van der Waals surface area contributed by atoms with E-state index in [0.29, 0.717) is 12.4 Å². The molecule has 1 aromatic rings. The Morgan fingerprint density at radius 1 is 1.23 bits per heavy atom. The summed E-state index contributed by atoms with van der Waals surface area (Å²) in [7, 11) is 0. The summed E-state index contributed by atoms with van der Waals surface area (Å²) in [6.07, 6.45) is 6.65. The average molecular weight is 364 g/mol. The number of hydrogen-bond acceptors (Lipinski definition) is 6. The Bertz CT molecular complexity index is 566. The number of hydrogen-bond donors (Lipinski definition) is 1. The first-order valence-electron chi connectivity index (χ1n) is 9.51. The molecule has 2 aliphatic rings. The van der Waals surface area contributed by atoms with Crippen LogP contribution in [0.1, 0.15) is 32.1 Å². The molecule has 8 nitrogen and oxygen atoms in total. The molecular formula is C18H28N4O4. The number of nitrogens with one attached hydrogen (secondary N) is 1. The lowest BCUT2D eigenvalue weighted by Crippen LogP contribution is -2.47. The normalized spacial score (nSPS) is 19.2. The van der Waals surface area contributed by atoms with Gasteiger partial charge >= 0.3 is 0 Å². The van der Waals surface area contributed by atoms with Gasteiger partial charge in [0.2, 0.25) is 11.8 Å². The smallest absolute Gasteiger partial charge is 0.245 e. The van der Waals surface area contributed by atoms with Gasteiger partial charge in [0, 0.05) is 38.2 Å². The van der Waals surface area contributed by atoms with Crippen LogP contribution >= 0.6 is 0 Å². The predicted molar refractivity (Wildman–Crippen MR) is 95.5 cm³/mol. The minimum atomic E-state index is -0.245. The first-order chi connectivity index (χ1) is 12.7. The number of anilines is 1. The molecule has 1 saturated carbocycles. The van der Waals surface area contributed by atoms with Crippen LogP contribution in [0.15, 0.2) is 16.9 Å². The molecule has 26 heavy (non-hydrogen) atoms. The quantitative estimate of drug-likeness (QED) is 0.786. The Morgan fingerprint density at radius 3 is 2.69 bits per heavy atom. The zero-order valence-corrected chi connectivity index (χ0v) is 15.2. The number of ether oxygens (including phenoxy) is 1. The second-order valence-corrected chi connectivity index (χ2v) is 6.98. The van der Waals surface area contributed by atoms with E-state index in [1.807, 2.05) is 0 Å². The minimum absolute atomic E-state index is 0.0481. The molecule has 0 spiro atoms. The summed E-state index contributed by atoms with van der Waals surface area (Å²) in [6.45, 7) is 4.56. The fourth-order valence-electron chi connectivity index (χ4n) is 3.59. The molecule has 1 N–H and O–H groups in total. The van der Waals surface area contributed by atoms with Gasteiger partial charge in [-0.2, -0.15) is 0 Å². The highest BCUT2D eigenvalue weighted by molar-refractivity contribution is 5.94. The average Bonchev–Trinajstić information content (AvgIpc) is 3.19. The standard InChI is InChI=1S/C18H28N4O4/c23-17(19-16-6-11-26-20-16)14-22(8-7-21-9-12-25-13-10-21)18(24)15-4-2-1-3-5-15/h6,11,15H,1-5,7-10,12-14H2,(H,19,20,23). The van der Waals surface area contributed by atoms with Crippen LogP contribution in [-0.2, 0) is 14.3 Å². The van der Waals surface area contributed by atoms with E-state index >= 15 is 0 Å². The molecule has 1 aromatic heterocycles. The molecule has 1 aliphatic carbocycles. The van der Waals surface area contributed by atoms with Crippen molar-refractivity contribution in [1.29, 1.82) is 0 Å². The van der Waals surface area contributed by atoms with E-state index in [1.54, 1.807) is 11.0 Å². The molecule has 0 unspecified atom stereocenters. The number of aromatic nitrogens is 1. The summed E-state index contributed by atoms with van der Waals surface area (Å²) in [4.78, 5) is 29.3. The van der Waals surface area contributed by atoms with Crippen molar-refractivity contribution in [3.63, 3.8) is 0 Å². The van der Waals surface area contributed by atoms with E-state index in [-0.39, 0.29) is 24.3 Å². The predicted octanol–water partition coefficient (Wildman–Crippen LogP) is 1.35. The number of amides is 2. The van der Waals surface area contributed by atoms with Crippen LogP contribution in [0.4, 0.5) is 5.82 Å². The van der Waals surface area contributed by atoms with Gasteiger partial charge in [0.15, 0.2) is 5.82 Å². The maximum absolute atomic E-state index is 13.0. The third-order valence-electron chi connectivity index (χ3n) is 5.10. The number of nitrogens with zero attached hydrogens (tertiary/aromatic N) is 3. The molecule has 2 heterocycles. The molecule has 2 amide bonds. The van der Waals surface area contributed by atoms with E-state index in [9.17, 15) is 9.59 Å². The van der Waals surface area contributed by atoms with Crippen LogP contribution in [-0.4, -0.2) is 72.7 Å². The molecule has 1 aliphatic heterocycles. The molecule has 144 valence electrons. The second kappa shape index (κ2) is 9.68. The van der Waals surface area contributed by atoms with Crippen LogP contribution in [0.2, 0.25) is 0 Å². The SMILES string of the molecule is O=C(CN(CCN1CCOCC1)C(=O)C1CCCCC1)Nc1ccon1. The first kappa shape index (κ1) is 18.8. The summed E-state index contributed by atoms with van der Waals surface area (Å²) >= 11 is 0. The van der Waals surface area contributed by atoms with Crippen molar-refractivity contribution in [2.75, 3.05) is 51.3 Å². The van der Waals surface area contributed by atoms with Crippen molar-refractivity contribution in [1.82, 2.24) is 15.0 Å². The molecule has 0 radical (unpaired) electrons. The van der Waals surface area contributed by atoms with Gasteiger partial charge in [-0.05, 0) is 12.8 Å². The summed E-state index contributed by atoms with van der Waals surface area (Å²) in [5.74, 6) is 0.278. The van der Waals surface area contributed by atoms with Crippen LogP contribution in [0.5, 0.6) is 0 Å². The Morgan fingerprint density at radius 2 is 2.00 bits per heavy atom. The fourth-order valence-corrected chi connectivity index (χ4v) is 3.59. The molecule has 0 aromatic carbocycles. The highest BCUT2D eigenvalue weighted by Gasteiger charge is 2.27. The summed E-state index contributed by atoms with van der Waals surface area (Å²) in [5.41, 5.74) is 0. The monoisotopic (exact) mass is 364 g/mol. The Hall–Kier alpha value is -1.93. The van der Waals surface area contributed by atoms with E-state index in [0.717, 1.165) is 58.5 Å². The van der Waals surface area contributed by atoms with Gasteiger partial charge in [-0.15, -0.1) is 0 Å². The molecule has 2 fully saturated rings. The number of carbonyl (C=O) groups is 2. The molecular weight excluding hydrogens is 336 g/mol. The molecule has 0 atom stereocenters. The van der Waals surface area contributed by atoms with E-state index in [1.165, 1.54) is 12.7 Å². The van der Waals surface area contributed by atoms with Crippen LogP contribution in [0, 0.1) is 5.92 Å². The van der Waals surface area contributed by atoms with Gasteiger partial charge in [0.05, 0.1) is 19.8 Å². The van der Waals surface area contributed by atoms with Gasteiger partial charge in [0.1, 0.15) is 6.26 Å². The lowest BCUT2D eigenvalue weighted by Gasteiger charge is -2.32. The molecule has 1 saturated heterocycles. The highest BCUT2D eigenvalue weighted by atomic mass is 16.5. The highest BCUT2D eigenvalue weighted by Crippen LogP contribution is 2.25. The summed E-state index contributed by atoms with van der Waals surface area (Å²) < 4.78 is 10.1. The number of rotatable bonds is 7. The third kappa shape index (κ3) is 5.54. The van der Waals surface area contributed by atoms with E-state index in [2.05, 4.69) is 15.4 Å². The van der Waals surface area contributed by atoms with E-state index < -0.39 is 0 Å². The fraction of sp³-hybridized carbons (Fsp3) is 0.722. The number of morpholine rings is 1. The Kier molecular flexibility index (Phi) is 7.02. The zero-order valence-electron chi connectivity index (χ0n) is 15.2. The van der Waals surface area contributed by atoms with Crippen molar-refractivity contribution in [2.24, 2.45) is 5.92 Å². The maximum Gasteiger partial charge on any atom is 0.245 e. The van der Waals surface area contributed by atoms with Crippen LogP contribution in [0.3, 0.4) is 0 Å². The van der Waals surface area contributed by atoms with Crippen LogP contribution in [0.25, 0.3) is 0 Å². The summed E-state index contributed by atoms with van der Waals surface area (Å²) in [6, 6.07) is 1.58. The van der Waals surface area contributed by atoms with Gasteiger partial charge in [-0.1, -0.05) is 24.4 Å². The Labute approximate surface area is 153 Å². The molecule has 8 heteroatoms. The lowest BCUT2D eigenvalue weighted by atomic mass is 9.88. The van der Waals surface area contributed by atoms with Gasteiger partial charge in [-0.25, -0.2) is 0 Å². The van der Waals surface area contributed by atoms with Crippen molar-refractivity contribution in [2.45, 2.75) is 32.1 Å². The Balaban J connectivity index is 1.57. The minimum Gasteiger partial charge on any atom is -0.379 e. The van der Waals surface area contributed by atoms with Crippen LogP contribution < -0.4 is 5.32 Å². The lowest BCUT2D eigenvalue weighted by molar-refractivity contribution is -0.139. The molecule has 0 bridgehead atoms. The summed E-state index contributed by atoms with van der Waals surface area (Å²) in [5, 5.41) is 6.36. The van der Waals surface area contributed by atoms with Crippen molar-refractivity contribution < 1.29 is 18.8 Å². The number of carbonyl (C=O) groups excluding carboxylic acids is 2.